The highest BCUT2D eigenvalue weighted by atomic mass is 79.9. The van der Waals surface area contributed by atoms with Gasteiger partial charge in [-0.1, -0.05) is 39.3 Å². The van der Waals surface area contributed by atoms with E-state index in [0.717, 1.165) is 32.9 Å². The second-order valence-electron chi connectivity index (χ2n) is 5.51. The van der Waals surface area contributed by atoms with Crippen LogP contribution in [0, 0.1) is 0 Å². The van der Waals surface area contributed by atoms with E-state index in [4.69, 9.17) is 11.6 Å². The summed E-state index contributed by atoms with van der Waals surface area (Å²) in [5, 5.41) is 9.73. The van der Waals surface area contributed by atoms with E-state index in [1.54, 1.807) is 31.2 Å². The minimum absolute atomic E-state index is 0.0904. The minimum Gasteiger partial charge on any atom is -0.325 e. The predicted molar refractivity (Wildman–Crippen MR) is 101 cm³/mol. The lowest BCUT2D eigenvalue weighted by Gasteiger charge is -2.12. The van der Waals surface area contributed by atoms with E-state index in [2.05, 4.69) is 31.4 Å². The molecular formula is C16H11BrClF3N4OS. The van der Waals surface area contributed by atoms with E-state index in [0.29, 0.717) is 5.69 Å². The molecule has 142 valence electrons. The van der Waals surface area contributed by atoms with Gasteiger partial charge in [0.15, 0.2) is 10.8 Å². The van der Waals surface area contributed by atoms with E-state index < -0.39 is 17.0 Å². The molecule has 2 aromatic heterocycles. The molecule has 1 N–H and O–H groups in total. The molecule has 1 unspecified atom stereocenters. The lowest BCUT2D eigenvalue weighted by molar-refractivity contribution is -0.137. The van der Waals surface area contributed by atoms with Gasteiger partial charge in [0.2, 0.25) is 5.91 Å². The molecule has 27 heavy (non-hydrogen) atoms. The Bertz CT molecular complexity index is 994. The van der Waals surface area contributed by atoms with Crippen LogP contribution in [-0.2, 0) is 11.0 Å². The molecule has 11 heteroatoms. The quantitative estimate of drug-likeness (QED) is 0.517. The first-order chi connectivity index (χ1) is 12.6. The standard InChI is InChI=1S/C16H11BrClF3N4OS/c1-8(14(26)22-11-4-2-10(17)3-5-11)27-15-24-23-13-12(18)6-9(7-25(13)15)16(19,20)21/h2-8H,1H3,(H,22,26). The van der Waals surface area contributed by atoms with Crippen molar-refractivity contribution in [1.29, 1.82) is 0 Å². The summed E-state index contributed by atoms with van der Waals surface area (Å²) in [7, 11) is 0. The van der Waals surface area contributed by atoms with Crippen molar-refractivity contribution >= 4 is 56.5 Å². The molecule has 0 aliphatic heterocycles. The third-order valence-electron chi connectivity index (χ3n) is 3.52. The van der Waals surface area contributed by atoms with Crippen LogP contribution in [0.25, 0.3) is 5.65 Å². The number of carbonyl (C=O) groups excluding carboxylic acids is 1. The van der Waals surface area contributed by atoms with Crippen molar-refractivity contribution in [2.75, 3.05) is 5.32 Å². The Morgan fingerprint density at radius 1 is 1.30 bits per heavy atom. The smallest absolute Gasteiger partial charge is 0.325 e. The van der Waals surface area contributed by atoms with Crippen LogP contribution in [0.3, 0.4) is 0 Å². The van der Waals surface area contributed by atoms with Crippen molar-refractivity contribution in [3.8, 4) is 0 Å². The molecule has 0 fully saturated rings. The van der Waals surface area contributed by atoms with Gasteiger partial charge < -0.3 is 5.32 Å². The molecule has 1 aromatic carbocycles. The number of carbonyl (C=O) groups is 1. The first-order valence-corrected chi connectivity index (χ1v) is 9.55. The maximum Gasteiger partial charge on any atom is 0.417 e. The number of amides is 1. The van der Waals surface area contributed by atoms with E-state index >= 15 is 0 Å². The molecule has 3 aromatic rings. The third-order valence-corrected chi connectivity index (χ3v) is 5.38. The number of fused-ring (bicyclic) bond motifs is 1. The maximum absolute atomic E-state index is 13.0. The number of thioether (sulfide) groups is 1. The zero-order valence-electron chi connectivity index (χ0n) is 13.6. The number of rotatable bonds is 4. The molecular weight excluding hydrogens is 469 g/mol. The molecule has 0 radical (unpaired) electrons. The zero-order valence-corrected chi connectivity index (χ0v) is 16.7. The van der Waals surface area contributed by atoms with Crippen LogP contribution in [0.15, 0.2) is 46.2 Å². The van der Waals surface area contributed by atoms with Gasteiger partial charge in [0.1, 0.15) is 0 Å². The zero-order chi connectivity index (χ0) is 19.8. The fraction of sp³-hybridized carbons (Fsp3) is 0.188. The summed E-state index contributed by atoms with van der Waals surface area (Å²) in [6.45, 7) is 1.62. The molecule has 1 amide bonds. The van der Waals surface area contributed by atoms with Crippen LogP contribution in [0.5, 0.6) is 0 Å². The Labute approximate surface area is 169 Å². The number of anilines is 1. The van der Waals surface area contributed by atoms with Gasteiger partial charge in [-0.25, -0.2) is 0 Å². The fourth-order valence-electron chi connectivity index (χ4n) is 2.16. The number of hydrogen-bond acceptors (Lipinski definition) is 4. The van der Waals surface area contributed by atoms with E-state index in [-0.39, 0.29) is 21.7 Å². The molecule has 0 aliphatic carbocycles. The van der Waals surface area contributed by atoms with Gasteiger partial charge in [-0.3, -0.25) is 9.20 Å². The number of pyridine rings is 1. The summed E-state index contributed by atoms with van der Waals surface area (Å²) in [5.41, 5.74) is -0.231. The van der Waals surface area contributed by atoms with E-state index in [1.807, 2.05) is 0 Å². The molecule has 0 saturated carbocycles. The number of aromatic nitrogens is 3. The number of nitrogens with zero attached hydrogens (tertiary/aromatic N) is 3. The number of hydrogen-bond donors (Lipinski definition) is 1. The summed E-state index contributed by atoms with van der Waals surface area (Å²) in [4.78, 5) is 12.3. The van der Waals surface area contributed by atoms with E-state index in [9.17, 15) is 18.0 Å². The monoisotopic (exact) mass is 478 g/mol. The molecule has 2 heterocycles. The molecule has 3 rings (SSSR count). The summed E-state index contributed by atoms with van der Waals surface area (Å²) < 4.78 is 41.0. The van der Waals surface area contributed by atoms with Crippen LogP contribution in [0.2, 0.25) is 5.02 Å². The van der Waals surface area contributed by atoms with Crippen molar-refractivity contribution < 1.29 is 18.0 Å². The van der Waals surface area contributed by atoms with Crippen molar-refractivity contribution in [3.05, 3.63) is 51.6 Å². The Morgan fingerprint density at radius 3 is 2.59 bits per heavy atom. The summed E-state index contributed by atoms with van der Waals surface area (Å²) in [6, 6.07) is 7.80. The second-order valence-corrected chi connectivity index (χ2v) is 8.14. The molecule has 0 saturated heterocycles. The van der Waals surface area contributed by atoms with Gasteiger partial charge in [-0.15, -0.1) is 10.2 Å². The maximum atomic E-state index is 13.0. The van der Waals surface area contributed by atoms with Crippen LogP contribution in [0.1, 0.15) is 12.5 Å². The SMILES string of the molecule is CC(Sc1nnc2c(Cl)cc(C(F)(F)F)cn12)C(=O)Nc1ccc(Br)cc1. The van der Waals surface area contributed by atoms with E-state index in [1.165, 1.54) is 0 Å². The number of halogens is 5. The first-order valence-electron chi connectivity index (χ1n) is 7.49. The Morgan fingerprint density at radius 2 is 1.96 bits per heavy atom. The topological polar surface area (TPSA) is 59.3 Å². The lowest BCUT2D eigenvalue weighted by atomic mass is 10.3. The minimum atomic E-state index is -4.56. The average molecular weight is 480 g/mol. The third kappa shape index (κ3) is 4.56. The highest BCUT2D eigenvalue weighted by molar-refractivity contribution is 9.10. The molecule has 0 bridgehead atoms. The summed E-state index contributed by atoms with van der Waals surface area (Å²) >= 11 is 10.2. The first kappa shape index (κ1) is 20.0. The molecule has 5 nitrogen and oxygen atoms in total. The fourth-order valence-corrected chi connectivity index (χ4v) is 3.49. The van der Waals surface area contributed by atoms with Crippen molar-refractivity contribution in [1.82, 2.24) is 14.6 Å². The Kier molecular flexibility index (Phi) is 5.68. The second kappa shape index (κ2) is 7.69. The summed E-state index contributed by atoms with van der Waals surface area (Å²) in [6.07, 6.45) is -3.70. The normalized spacial score (nSPS) is 13.0. The van der Waals surface area contributed by atoms with Gasteiger partial charge in [0.05, 0.1) is 15.8 Å². The number of nitrogens with one attached hydrogen (secondary N) is 1. The van der Waals surface area contributed by atoms with Gasteiger partial charge in [-0.05, 0) is 37.3 Å². The van der Waals surface area contributed by atoms with Crippen molar-refractivity contribution in [2.45, 2.75) is 23.5 Å². The predicted octanol–water partition coefficient (Wildman–Crippen LogP) is 5.28. The van der Waals surface area contributed by atoms with Crippen molar-refractivity contribution in [3.63, 3.8) is 0 Å². The van der Waals surface area contributed by atoms with Crippen LogP contribution in [-0.4, -0.2) is 25.8 Å². The lowest BCUT2D eigenvalue weighted by Crippen LogP contribution is -2.22. The molecule has 0 spiro atoms. The van der Waals surface area contributed by atoms with Gasteiger partial charge >= 0.3 is 6.18 Å². The van der Waals surface area contributed by atoms with Gasteiger partial charge in [0, 0.05) is 16.4 Å². The van der Waals surface area contributed by atoms with Crippen LogP contribution >= 0.6 is 39.3 Å². The Hall–Kier alpha value is -1.78. The van der Waals surface area contributed by atoms with Gasteiger partial charge in [0.25, 0.3) is 0 Å². The molecule has 1 atom stereocenters. The van der Waals surface area contributed by atoms with Crippen LogP contribution in [0.4, 0.5) is 18.9 Å². The summed E-state index contributed by atoms with van der Waals surface area (Å²) in [5.74, 6) is -0.322. The molecule has 0 aliphatic rings. The number of alkyl halides is 3. The van der Waals surface area contributed by atoms with Crippen LogP contribution < -0.4 is 5.32 Å². The highest BCUT2D eigenvalue weighted by Gasteiger charge is 2.32. The largest absolute Gasteiger partial charge is 0.417 e. The number of benzene rings is 1. The van der Waals surface area contributed by atoms with Gasteiger partial charge in [-0.2, -0.15) is 13.2 Å². The Balaban J connectivity index is 1.82. The highest BCUT2D eigenvalue weighted by Crippen LogP contribution is 2.34. The average Bonchev–Trinajstić information content (AvgIpc) is 2.99. The van der Waals surface area contributed by atoms with Crippen molar-refractivity contribution in [2.24, 2.45) is 0 Å².